The summed E-state index contributed by atoms with van der Waals surface area (Å²) in [6, 6.07) is 8.10. The average molecular weight is 327 g/mol. The minimum absolute atomic E-state index is 0.0182. The summed E-state index contributed by atoms with van der Waals surface area (Å²) in [6.07, 6.45) is -0.0674. The normalized spacial score (nSPS) is 19.6. The van der Waals surface area contributed by atoms with E-state index >= 15 is 0 Å². The first kappa shape index (κ1) is 14.3. The van der Waals surface area contributed by atoms with Gasteiger partial charge in [0.25, 0.3) is 0 Å². The van der Waals surface area contributed by atoms with Crippen LogP contribution in [0, 0.1) is 0 Å². The Balaban J connectivity index is 2.05. The van der Waals surface area contributed by atoms with Crippen molar-refractivity contribution in [3.8, 4) is 0 Å². The molecule has 0 aromatic heterocycles. The van der Waals surface area contributed by atoms with Crippen LogP contribution in [0.15, 0.2) is 28.7 Å². The summed E-state index contributed by atoms with van der Waals surface area (Å²) in [5.41, 5.74) is 1.09. The molecule has 0 aliphatic carbocycles. The van der Waals surface area contributed by atoms with E-state index in [9.17, 15) is 4.79 Å². The topological polar surface area (TPSA) is 41.6 Å². The molecule has 0 radical (unpaired) electrons. The largest absolute Gasteiger partial charge is 0.370 e. The molecule has 1 fully saturated rings. The first-order valence-electron chi connectivity index (χ1n) is 6.49. The van der Waals surface area contributed by atoms with Crippen molar-refractivity contribution < 1.29 is 9.53 Å². The molecule has 1 aromatic carbocycles. The molecule has 1 saturated heterocycles. The molecule has 1 aromatic rings. The van der Waals surface area contributed by atoms with Crippen molar-refractivity contribution >= 4 is 22.0 Å². The summed E-state index contributed by atoms with van der Waals surface area (Å²) in [6.45, 7) is 5.71. The van der Waals surface area contributed by atoms with Gasteiger partial charge in [-0.15, -0.1) is 0 Å². The maximum atomic E-state index is 12.0. The van der Waals surface area contributed by atoms with Crippen molar-refractivity contribution in [2.24, 2.45) is 0 Å². The fourth-order valence-corrected chi connectivity index (χ4v) is 2.64. The van der Waals surface area contributed by atoms with Gasteiger partial charge in [-0.3, -0.25) is 0 Å². The Bertz CT molecular complexity index is 451. The molecular formula is C14H19BrN2O2. The van der Waals surface area contributed by atoms with Crippen molar-refractivity contribution in [2.45, 2.75) is 26.0 Å². The fraction of sp³-hybridized carbons (Fsp3) is 0.500. The van der Waals surface area contributed by atoms with Crippen molar-refractivity contribution in [2.75, 3.05) is 19.7 Å². The second-order valence-electron chi connectivity index (χ2n) is 4.93. The van der Waals surface area contributed by atoms with E-state index < -0.39 is 0 Å². The monoisotopic (exact) mass is 326 g/mol. The number of nitrogens with one attached hydrogen (secondary N) is 1. The van der Waals surface area contributed by atoms with Gasteiger partial charge in [-0.25, -0.2) is 4.79 Å². The zero-order valence-corrected chi connectivity index (χ0v) is 12.8. The van der Waals surface area contributed by atoms with Crippen LogP contribution < -0.4 is 5.32 Å². The van der Waals surface area contributed by atoms with Gasteiger partial charge in [0.05, 0.1) is 13.2 Å². The first-order valence-corrected chi connectivity index (χ1v) is 7.28. The van der Waals surface area contributed by atoms with Gasteiger partial charge >= 0.3 is 6.03 Å². The smallest absolute Gasteiger partial charge is 0.317 e. The minimum atomic E-state index is -0.0674. The maximum absolute atomic E-state index is 12.0. The van der Waals surface area contributed by atoms with Crippen LogP contribution in [0.4, 0.5) is 4.79 Å². The SMILES string of the molecule is CC(C)NC(=O)N1CCO[C@@H](c2ccccc2Br)C1. The number of rotatable bonds is 2. The lowest BCUT2D eigenvalue weighted by molar-refractivity contribution is -0.0160. The van der Waals surface area contributed by atoms with E-state index in [0.717, 1.165) is 10.0 Å². The average Bonchev–Trinajstić information content (AvgIpc) is 2.38. The molecule has 1 heterocycles. The van der Waals surface area contributed by atoms with Gasteiger partial charge in [-0.2, -0.15) is 0 Å². The van der Waals surface area contributed by atoms with Crippen LogP contribution in [0.1, 0.15) is 25.5 Å². The number of morpholine rings is 1. The third-order valence-electron chi connectivity index (χ3n) is 3.02. The summed E-state index contributed by atoms with van der Waals surface area (Å²) < 4.78 is 6.80. The molecule has 0 spiro atoms. The lowest BCUT2D eigenvalue weighted by atomic mass is 10.1. The predicted octanol–water partition coefficient (Wildman–Crippen LogP) is 2.94. The van der Waals surface area contributed by atoms with Crippen LogP contribution in [-0.4, -0.2) is 36.7 Å². The third-order valence-corrected chi connectivity index (χ3v) is 3.74. The molecule has 2 rings (SSSR count). The number of carbonyl (C=O) groups excluding carboxylic acids is 1. The van der Waals surface area contributed by atoms with E-state index in [-0.39, 0.29) is 18.2 Å². The Labute approximate surface area is 122 Å². The van der Waals surface area contributed by atoms with Gasteiger partial charge in [-0.05, 0) is 25.5 Å². The van der Waals surface area contributed by atoms with Crippen molar-refractivity contribution in [3.05, 3.63) is 34.3 Å². The summed E-state index contributed by atoms with van der Waals surface area (Å²) in [5, 5.41) is 2.92. The number of ether oxygens (including phenoxy) is 1. The Morgan fingerprint density at radius 1 is 1.47 bits per heavy atom. The lowest BCUT2D eigenvalue weighted by Gasteiger charge is -2.34. The Morgan fingerprint density at radius 2 is 2.21 bits per heavy atom. The second-order valence-corrected chi connectivity index (χ2v) is 5.79. The maximum Gasteiger partial charge on any atom is 0.317 e. The summed E-state index contributed by atoms with van der Waals surface area (Å²) in [5.74, 6) is 0. The molecule has 104 valence electrons. The number of halogens is 1. The highest BCUT2D eigenvalue weighted by Crippen LogP contribution is 2.28. The molecule has 0 saturated carbocycles. The molecule has 1 aliphatic heterocycles. The molecule has 4 nitrogen and oxygen atoms in total. The van der Waals surface area contributed by atoms with E-state index in [4.69, 9.17) is 4.74 Å². The zero-order valence-electron chi connectivity index (χ0n) is 11.2. The molecule has 2 amide bonds. The highest BCUT2D eigenvalue weighted by Gasteiger charge is 2.26. The van der Waals surface area contributed by atoms with Crippen LogP contribution in [0.25, 0.3) is 0 Å². The van der Waals surface area contributed by atoms with Gasteiger partial charge in [0.15, 0.2) is 0 Å². The number of carbonyl (C=O) groups is 1. The molecule has 19 heavy (non-hydrogen) atoms. The van der Waals surface area contributed by atoms with Gasteiger partial charge in [0.2, 0.25) is 0 Å². The van der Waals surface area contributed by atoms with Crippen molar-refractivity contribution in [3.63, 3.8) is 0 Å². The Kier molecular flexibility index (Phi) is 4.82. The summed E-state index contributed by atoms with van der Waals surface area (Å²) in [4.78, 5) is 13.8. The molecule has 5 heteroatoms. The number of hydrogen-bond acceptors (Lipinski definition) is 2. The number of amides is 2. The second kappa shape index (κ2) is 6.39. The zero-order chi connectivity index (χ0) is 13.8. The van der Waals surface area contributed by atoms with Gasteiger partial charge in [0.1, 0.15) is 6.10 Å². The van der Waals surface area contributed by atoms with E-state index in [1.807, 2.05) is 43.0 Å². The number of urea groups is 1. The molecule has 1 N–H and O–H groups in total. The highest BCUT2D eigenvalue weighted by atomic mass is 79.9. The van der Waals surface area contributed by atoms with Crippen LogP contribution in [-0.2, 0) is 4.74 Å². The summed E-state index contributed by atoms with van der Waals surface area (Å²) >= 11 is 3.53. The van der Waals surface area contributed by atoms with E-state index in [1.165, 1.54) is 0 Å². The van der Waals surface area contributed by atoms with Crippen LogP contribution in [0.5, 0.6) is 0 Å². The number of benzene rings is 1. The lowest BCUT2D eigenvalue weighted by Crippen LogP contribution is -2.48. The summed E-state index contributed by atoms with van der Waals surface area (Å²) in [7, 11) is 0. The van der Waals surface area contributed by atoms with E-state index in [2.05, 4.69) is 21.2 Å². The van der Waals surface area contributed by atoms with Crippen molar-refractivity contribution in [1.82, 2.24) is 10.2 Å². The first-order chi connectivity index (χ1) is 9.08. The van der Waals surface area contributed by atoms with Crippen LogP contribution >= 0.6 is 15.9 Å². The number of hydrogen-bond donors (Lipinski definition) is 1. The molecule has 0 unspecified atom stereocenters. The predicted molar refractivity (Wildman–Crippen MR) is 78.1 cm³/mol. The quantitative estimate of drug-likeness (QED) is 0.907. The Hall–Kier alpha value is -1.07. The fourth-order valence-electron chi connectivity index (χ4n) is 2.10. The van der Waals surface area contributed by atoms with Gasteiger partial charge in [-0.1, -0.05) is 34.1 Å². The van der Waals surface area contributed by atoms with E-state index in [1.54, 1.807) is 0 Å². The third kappa shape index (κ3) is 3.70. The molecular weight excluding hydrogens is 308 g/mol. The van der Waals surface area contributed by atoms with Gasteiger partial charge in [0, 0.05) is 17.1 Å². The molecule has 1 aliphatic rings. The standard InChI is InChI=1S/C14H19BrN2O2/c1-10(2)16-14(18)17-7-8-19-13(9-17)11-5-3-4-6-12(11)15/h3-6,10,13H,7-9H2,1-2H3,(H,16,18)/t13-/m1/s1. The van der Waals surface area contributed by atoms with Crippen LogP contribution in [0.2, 0.25) is 0 Å². The number of nitrogens with zero attached hydrogens (tertiary/aromatic N) is 1. The van der Waals surface area contributed by atoms with E-state index in [0.29, 0.717) is 19.7 Å². The van der Waals surface area contributed by atoms with Gasteiger partial charge < -0.3 is 15.0 Å². The van der Waals surface area contributed by atoms with Crippen LogP contribution in [0.3, 0.4) is 0 Å². The molecule has 0 bridgehead atoms. The van der Waals surface area contributed by atoms with Crippen molar-refractivity contribution in [1.29, 1.82) is 0 Å². The minimum Gasteiger partial charge on any atom is -0.370 e. The Morgan fingerprint density at radius 3 is 2.89 bits per heavy atom. The molecule has 1 atom stereocenters. The highest BCUT2D eigenvalue weighted by molar-refractivity contribution is 9.10.